The molecule has 0 aliphatic carbocycles. The topological polar surface area (TPSA) is 63.5 Å². The number of guanidine groups is 1. The van der Waals surface area contributed by atoms with Crippen LogP contribution in [-0.4, -0.2) is 35.2 Å². The molecule has 2 aromatic carbocycles. The van der Waals surface area contributed by atoms with Crippen LogP contribution in [0.1, 0.15) is 12.5 Å². The van der Waals surface area contributed by atoms with Gasteiger partial charge < -0.3 is 19.9 Å². The molecule has 0 radical (unpaired) electrons. The van der Waals surface area contributed by atoms with Crippen molar-refractivity contribution in [1.29, 1.82) is 0 Å². The zero-order valence-corrected chi connectivity index (χ0v) is 16.3. The van der Waals surface area contributed by atoms with Gasteiger partial charge in [-0.1, -0.05) is 6.07 Å². The summed E-state index contributed by atoms with van der Waals surface area (Å²) in [6, 6.07) is 10.9. The van der Waals surface area contributed by atoms with Gasteiger partial charge in [0.1, 0.15) is 23.5 Å². The van der Waals surface area contributed by atoms with E-state index in [1.54, 1.807) is 48.5 Å². The second-order valence-electron chi connectivity index (χ2n) is 6.44. The minimum atomic E-state index is -0.327. The minimum absolute atomic E-state index is 0.161. The summed E-state index contributed by atoms with van der Waals surface area (Å²) in [5.74, 6) is 0.532. The van der Waals surface area contributed by atoms with E-state index >= 15 is 0 Å². The van der Waals surface area contributed by atoms with E-state index in [0.717, 1.165) is 5.56 Å². The molecule has 152 valence electrons. The van der Waals surface area contributed by atoms with Crippen LogP contribution in [0.3, 0.4) is 0 Å². The minimum Gasteiger partial charge on any atom is -0.489 e. The Morgan fingerprint density at radius 3 is 2.62 bits per heavy atom. The van der Waals surface area contributed by atoms with Crippen LogP contribution in [0.2, 0.25) is 0 Å². The second kappa shape index (κ2) is 9.68. The standard InChI is InChI=1S/C21H23F2N5O/c1-15(29-18-6-4-17(22)5-7-18)12-26-21(24-2)27-13-16-3-8-20(19(23)11-16)28-10-9-25-14-28/h3-11,14-15H,12-13H2,1-2H3,(H2,24,26,27). The van der Waals surface area contributed by atoms with Crippen molar-refractivity contribution in [1.82, 2.24) is 20.2 Å². The fraction of sp³-hybridized carbons (Fsp3) is 0.238. The first-order valence-electron chi connectivity index (χ1n) is 9.18. The summed E-state index contributed by atoms with van der Waals surface area (Å²) < 4.78 is 34.6. The molecule has 0 spiro atoms. The fourth-order valence-electron chi connectivity index (χ4n) is 2.71. The molecule has 0 bridgehead atoms. The fourth-order valence-corrected chi connectivity index (χ4v) is 2.71. The molecule has 6 nitrogen and oxygen atoms in total. The van der Waals surface area contributed by atoms with Gasteiger partial charge in [0, 0.05) is 26.0 Å². The van der Waals surface area contributed by atoms with E-state index < -0.39 is 0 Å². The van der Waals surface area contributed by atoms with Crippen molar-refractivity contribution in [3.63, 3.8) is 0 Å². The molecule has 3 rings (SSSR count). The van der Waals surface area contributed by atoms with E-state index in [0.29, 0.717) is 30.5 Å². The summed E-state index contributed by atoms with van der Waals surface area (Å²) in [6.45, 7) is 2.80. The van der Waals surface area contributed by atoms with Crippen LogP contribution in [-0.2, 0) is 6.54 Å². The highest BCUT2D eigenvalue weighted by atomic mass is 19.1. The smallest absolute Gasteiger partial charge is 0.191 e. The van der Waals surface area contributed by atoms with Crippen molar-refractivity contribution in [2.75, 3.05) is 13.6 Å². The predicted octanol–water partition coefficient (Wildman–Crippen LogP) is 3.28. The Labute approximate surface area is 168 Å². The number of aliphatic imine (C=N–C) groups is 1. The average molecular weight is 399 g/mol. The number of benzene rings is 2. The third-order valence-corrected chi connectivity index (χ3v) is 4.19. The van der Waals surface area contributed by atoms with Gasteiger partial charge in [-0.15, -0.1) is 0 Å². The third-order valence-electron chi connectivity index (χ3n) is 4.19. The lowest BCUT2D eigenvalue weighted by Gasteiger charge is -2.18. The van der Waals surface area contributed by atoms with Crippen molar-refractivity contribution in [2.24, 2.45) is 4.99 Å². The number of hydrogen-bond donors (Lipinski definition) is 2. The monoisotopic (exact) mass is 399 g/mol. The quantitative estimate of drug-likeness (QED) is 0.473. The Morgan fingerprint density at radius 2 is 1.97 bits per heavy atom. The first-order valence-corrected chi connectivity index (χ1v) is 9.18. The van der Waals surface area contributed by atoms with Crippen molar-refractivity contribution >= 4 is 5.96 Å². The van der Waals surface area contributed by atoms with E-state index in [-0.39, 0.29) is 17.7 Å². The van der Waals surface area contributed by atoms with Gasteiger partial charge in [0.15, 0.2) is 5.96 Å². The zero-order valence-electron chi connectivity index (χ0n) is 16.3. The first kappa shape index (κ1) is 20.3. The average Bonchev–Trinajstić information content (AvgIpc) is 3.24. The molecule has 29 heavy (non-hydrogen) atoms. The highest BCUT2D eigenvalue weighted by molar-refractivity contribution is 5.79. The Kier molecular flexibility index (Phi) is 6.78. The summed E-state index contributed by atoms with van der Waals surface area (Å²) in [6.07, 6.45) is 4.69. The predicted molar refractivity (Wildman–Crippen MR) is 108 cm³/mol. The Morgan fingerprint density at radius 1 is 1.17 bits per heavy atom. The van der Waals surface area contributed by atoms with Gasteiger partial charge in [0.25, 0.3) is 0 Å². The Hall–Kier alpha value is -3.42. The van der Waals surface area contributed by atoms with Crippen molar-refractivity contribution in [3.8, 4) is 11.4 Å². The number of nitrogens with zero attached hydrogens (tertiary/aromatic N) is 3. The molecule has 1 unspecified atom stereocenters. The van der Waals surface area contributed by atoms with E-state index in [1.165, 1.54) is 18.2 Å². The molecule has 0 amide bonds. The van der Waals surface area contributed by atoms with Crippen LogP contribution in [0, 0.1) is 11.6 Å². The van der Waals surface area contributed by atoms with Gasteiger partial charge in [0.2, 0.25) is 0 Å². The summed E-state index contributed by atoms with van der Waals surface area (Å²) >= 11 is 0. The third kappa shape index (κ3) is 5.78. The maximum absolute atomic E-state index is 14.3. The van der Waals surface area contributed by atoms with Crippen LogP contribution < -0.4 is 15.4 Å². The molecular weight excluding hydrogens is 376 g/mol. The normalized spacial score (nSPS) is 12.5. The lowest BCUT2D eigenvalue weighted by Crippen LogP contribution is -2.41. The molecule has 0 aliphatic heterocycles. The molecule has 0 saturated carbocycles. The lowest BCUT2D eigenvalue weighted by molar-refractivity contribution is 0.223. The van der Waals surface area contributed by atoms with Gasteiger partial charge in [-0.25, -0.2) is 13.8 Å². The van der Waals surface area contributed by atoms with E-state index in [2.05, 4.69) is 20.6 Å². The SMILES string of the molecule is CN=C(NCc1ccc(-n2ccnc2)c(F)c1)NCC(C)Oc1ccc(F)cc1. The number of ether oxygens (including phenoxy) is 1. The summed E-state index contributed by atoms with van der Waals surface area (Å²) in [5.41, 5.74) is 1.23. The van der Waals surface area contributed by atoms with Crippen LogP contribution in [0.5, 0.6) is 5.75 Å². The van der Waals surface area contributed by atoms with Gasteiger partial charge in [-0.2, -0.15) is 0 Å². The number of halogens is 2. The zero-order chi connectivity index (χ0) is 20.6. The summed E-state index contributed by atoms with van der Waals surface area (Å²) in [5, 5.41) is 6.29. The van der Waals surface area contributed by atoms with Gasteiger partial charge >= 0.3 is 0 Å². The van der Waals surface area contributed by atoms with Gasteiger partial charge in [0.05, 0.1) is 18.6 Å². The molecule has 3 aromatic rings. The van der Waals surface area contributed by atoms with Crippen LogP contribution in [0.15, 0.2) is 66.2 Å². The van der Waals surface area contributed by atoms with Crippen LogP contribution in [0.25, 0.3) is 5.69 Å². The van der Waals surface area contributed by atoms with Crippen LogP contribution in [0.4, 0.5) is 8.78 Å². The first-order chi connectivity index (χ1) is 14.0. The Bertz CT molecular complexity index is 942. The number of rotatable bonds is 7. The number of hydrogen-bond acceptors (Lipinski definition) is 3. The van der Waals surface area contributed by atoms with E-state index in [9.17, 15) is 8.78 Å². The van der Waals surface area contributed by atoms with Gasteiger partial charge in [-0.05, 0) is 48.9 Å². The molecule has 1 aromatic heterocycles. The van der Waals surface area contributed by atoms with Gasteiger partial charge in [-0.3, -0.25) is 4.99 Å². The molecule has 8 heteroatoms. The maximum Gasteiger partial charge on any atom is 0.191 e. The molecule has 2 N–H and O–H groups in total. The maximum atomic E-state index is 14.3. The Balaban J connectivity index is 1.49. The van der Waals surface area contributed by atoms with Crippen LogP contribution >= 0.6 is 0 Å². The van der Waals surface area contributed by atoms with Crippen molar-refractivity contribution in [3.05, 3.63) is 78.4 Å². The highest BCUT2D eigenvalue weighted by Crippen LogP contribution is 2.15. The molecule has 0 fully saturated rings. The number of aromatic nitrogens is 2. The highest BCUT2D eigenvalue weighted by Gasteiger charge is 2.08. The second-order valence-corrected chi connectivity index (χ2v) is 6.44. The number of imidazole rings is 1. The number of nitrogens with one attached hydrogen (secondary N) is 2. The van der Waals surface area contributed by atoms with E-state index in [4.69, 9.17) is 4.74 Å². The lowest BCUT2D eigenvalue weighted by atomic mass is 10.2. The van der Waals surface area contributed by atoms with Crippen molar-refractivity contribution in [2.45, 2.75) is 19.6 Å². The summed E-state index contributed by atoms with van der Waals surface area (Å²) in [7, 11) is 1.66. The molecule has 1 heterocycles. The molecule has 1 atom stereocenters. The van der Waals surface area contributed by atoms with E-state index in [1.807, 2.05) is 13.0 Å². The largest absolute Gasteiger partial charge is 0.489 e. The molecular formula is C21H23F2N5O. The summed E-state index contributed by atoms with van der Waals surface area (Å²) in [4.78, 5) is 8.09. The molecule has 0 saturated heterocycles. The van der Waals surface area contributed by atoms with Crippen molar-refractivity contribution < 1.29 is 13.5 Å². The molecule has 0 aliphatic rings.